The Balaban J connectivity index is 1.09. The lowest BCUT2D eigenvalue weighted by Crippen LogP contribution is -2.36. The Kier molecular flexibility index (Phi) is 5.65. The van der Waals surface area contributed by atoms with Gasteiger partial charge in [0.2, 0.25) is 0 Å². The predicted molar refractivity (Wildman–Crippen MR) is 109 cm³/mol. The van der Waals surface area contributed by atoms with E-state index in [0.29, 0.717) is 6.04 Å². The molecule has 4 heterocycles. The van der Waals surface area contributed by atoms with Gasteiger partial charge >= 0.3 is 0 Å². The minimum Gasteiger partial charge on any atom is -0.381 e. The number of fused-ring (bicyclic) bond motifs is 1. The molecule has 7 heteroatoms. The van der Waals surface area contributed by atoms with Crippen molar-refractivity contribution in [2.24, 2.45) is 17.8 Å². The van der Waals surface area contributed by atoms with Crippen LogP contribution >= 0.6 is 0 Å². The lowest BCUT2D eigenvalue weighted by Gasteiger charge is -2.28. The van der Waals surface area contributed by atoms with Crippen LogP contribution < -0.4 is 10.2 Å². The first-order valence-electron chi connectivity index (χ1n) is 11.1. The molecule has 1 N–H and O–H groups in total. The summed E-state index contributed by atoms with van der Waals surface area (Å²) in [4.78, 5) is 4.96. The molecule has 1 aromatic heterocycles. The molecule has 0 aromatic carbocycles. The maximum atomic E-state index is 5.51. The van der Waals surface area contributed by atoms with Crippen molar-refractivity contribution >= 4 is 11.6 Å². The lowest BCUT2D eigenvalue weighted by atomic mass is 10.00. The van der Waals surface area contributed by atoms with Crippen LogP contribution in [-0.2, 0) is 9.47 Å². The van der Waals surface area contributed by atoms with Gasteiger partial charge in [0.15, 0.2) is 5.82 Å². The number of aromatic nitrogens is 2. The molecule has 0 unspecified atom stereocenters. The number of nitrogens with one attached hydrogen (secondary N) is 1. The highest BCUT2D eigenvalue weighted by Crippen LogP contribution is 2.39. The van der Waals surface area contributed by atoms with E-state index in [9.17, 15) is 0 Å². The fraction of sp³-hybridized carbons (Fsp3) is 0.810. The van der Waals surface area contributed by atoms with Crippen molar-refractivity contribution in [3.63, 3.8) is 0 Å². The van der Waals surface area contributed by atoms with Gasteiger partial charge in [-0.3, -0.25) is 0 Å². The topological polar surface area (TPSA) is 62.8 Å². The van der Waals surface area contributed by atoms with Crippen LogP contribution in [0.15, 0.2) is 12.1 Å². The van der Waals surface area contributed by atoms with Gasteiger partial charge in [-0.2, -0.15) is 0 Å². The number of hydrogen-bond acceptors (Lipinski definition) is 7. The molecule has 3 aliphatic heterocycles. The molecular formula is C21H33N5O2. The Morgan fingerprint density at radius 2 is 1.64 bits per heavy atom. The summed E-state index contributed by atoms with van der Waals surface area (Å²) >= 11 is 0. The summed E-state index contributed by atoms with van der Waals surface area (Å²) in [6.07, 6.45) is 5.02. The fourth-order valence-corrected chi connectivity index (χ4v) is 5.53. The van der Waals surface area contributed by atoms with Crippen LogP contribution in [0.2, 0.25) is 0 Å². The van der Waals surface area contributed by atoms with Gasteiger partial charge in [0.25, 0.3) is 0 Å². The molecular weight excluding hydrogens is 354 g/mol. The van der Waals surface area contributed by atoms with Crippen molar-refractivity contribution in [3.8, 4) is 0 Å². The minimum absolute atomic E-state index is 0.545. The zero-order valence-corrected chi connectivity index (χ0v) is 16.8. The molecule has 4 fully saturated rings. The zero-order chi connectivity index (χ0) is 18.8. The summed E-state index contributed by atoms with van der Waals surface area (Å²) in [6, 6.07) is 4.72. The number of rotatable bonds is 5. The van der Waals surface area contributed by atoms with E-state index in [0.717, 1.165) is 68.9 Å². The Hall–Kier alpha value is -1.44. The molecule has 3 saturated heterocycles. The highest BCUT2D eigenvalue weighted by Gasteiger charge is 2.41. The maximum absolute atomic E-state index is 5.51. The number of hydrogen-bond donors (Lipinski definition) is 1. The summed E-state index contributed by atoms with van der Waals surface area (Å²) in [5.74, 6) is 4.42. The fourth-order valence-electron chi connectivity index (χ4n) is 5.53. The third-order valence-electron chi connectivity index (χ3n) is 7.02. The summed E-state index contributed by atoms with van der Waals surface area (Å²) in [6.45, 7) is 9.11. The molecule has 0 spiro atoms. The van der Waals surface area contributed by atoms with Crippen LogP contribution in [0.5, 0.6) is 0 Å². The lowest BCUT2D eigenvalue weighted by molar-refractivity contribution is 0.0545. The second-order valence-electron chi connectivity index (χ2n) is 8.98. The van der Waals surface area contributed by atoms with E-state index in [-0.39, 0.29) is 0 Å². The Labute approximate surface area is 167 Å². The van der Waals surface area contributed by atoms with Crippen molar-refractivity contribution in [1.29, 1.82) is 0 Å². The van der Waals surface area contributed by atoms with Gasteiger partial charge in [-0.25, -0.2) is 0 Å². The number of ether oxygens (including phenoxy) is 2. The first kappa shape index (κ1) is 18.6. The quantitative estimate of drug-likeness (QED) is 0.827. The van der Waals surface area contributed by atoms with E-state index in [1.807, 2.05) is 0 Å². The molecule has 3 atom stereocenters. The summed E-state index contributed by atoms with van der Waals surface area (Å²) in [5.41, 5.74) is 0. The second-order valence-corrected chi connectivity index (χ2v) is 8.98. The van der Waals surface area contributed by atoms with E-state index in [1.54, 1.807) is 0 Å². The van der Waals surface area contributed by atoms with Crippen LogP contribution in [-0.4, -0.2) is 80.3 Å². The number of anilines is 2. The highest BCUT2D eigenvalue weighted by molar-refractivity contribution is 5.44. The van der Waals surface area contributed by atoms with Gasteiger partial charge in [0.1, 0.15) is 5.82 Å². The molecule has 154 valence electrons. The SMILES string of the molecule is c1cc(N2CCOCC2)nnc1N[C@@H]1C[C@@H]2CN(CC3CCOCC3)C[C@@H]2C1. The first-order chi connectivity index (χ1) is 13.8. The third-order valence-corrected chi connectivity index (χ3v) is 7.02. The molecule has 5 rings (SSSR count). The van der Waals surface area contributed by atoms with E-state index in [1.165, 1.54) is 45.3 Å². The average molecular weight is 388 g/mol. The van der Waals surface area contributed by atoms with Gasteiger partial charge in [0, 0.05) is 52.0 Å². The van der Waals surface area contributed by atoms with Crippen LogP contribution in [0.3, 0.4) is 0 Å². The van der Waals surface area contributed by atoms with E-state index in [4.69, 9.17) is 9.47 Å². The van der Waals surface area contributed by atoms with Gasteiger partial charge in [0.05, 0.1) is 13.2 Å². The smallest absolute Gasteiger partial charge is 0.151 e. The van der Waals surface area contributed by atoms with Crippen LogP contribution in [0.4, 0.5) is 11.6 Å². The van der Waals surface area contributed by atoms with Crippen LogP contribution in [0.25, 0.3) is 0 Å². The molecule has 4 aliphatic rings. The van der Waals surface area contributed by atoms with Crippen molar-refractivity contribution in [3.05, 3.63) is 12.1 Å². The Morgan fingerprint density at radius 3 is 2.32 bits per heavy atom. The van der Waals surface area contributed by atoms with Crippen LogP contribution in [0.1, 0.15) is 25.7 Å². The predicted octanol–water partition coefficient (Wildman–Crippen LogP) is 1.86. The highest BCUT2D eigenvalue weighted by atomic mass is 16.5. The Morgan fingerprint density at radius 1 is 0.929 bits per heavy atom. The van der Waals surface area contributed by atoms with E-state index < -0.39 is 0 Å². The molecule has 7 nitrogen and oxygen atoms in total. The number of morpholine rings is 1. The van der Waals surface area contributed by atoms with Gasteiger partial charge in [-0.05, 0) is 55.6 Å². The van der Waals surface area contributed by atoms with Crippen molar-refractivity contribution in [2.75, 3.05) is 69.4 Å². The maximum Gasteiger partial charge on any atom is 0.151 e. The molecule has 0 bridgehead atoms. The van der Waals surface area contributed by atoms with Gasteiger partial charge in [-0.1, -0.05) is 0 Å². The van der Waals surface area contributed by atoms with Crippen molar-refractivity contribution < 1.29 is 9.47 Å². The van der Waals surface area contributed by atoms with Crippen LogP contribution in [0, 0.1) is 17.8 Å². The molecule has 1 aromatic rings. The largest absolute Gasteiger partial charge is 0.381 e. The molecule has 0 radical (unpaired) electrons. The normalized spacial score (nSPS) is 31.9. The summed E-state index contributed by atoms with van der Waals surface area (Å²) < 4.78 is 10.9. The standard InChI is InChI=1S/C21H33N5O2/c1-2-21(26-5-9-28-10-6-26)24-23-20(1)22-19-11-17-14-25(15-18(17)12-19)13-16-3-7-27-8-4-16/h1-2,16-19H,3-15H2,(H,22,23)/t17-,18+,19-. The van der Waals surface area contributed by atoms with Crippen molar-refractivity contribution in [2.45, 2.75) is 31.7 Å². The summed E-state index contributed by atoms with van der Waals surface area (Å²) in [5, 5.41) is 12.5. The molecule has 1 saturated carbocycles. The summed E-state index contributed by atoms with van der Waals surface area (Å²) in [7, 11) is 0. The number of likely N-dealkylation sites (tertiary alicyclic amines) is 1. The molecule has 0 amide bonds. The third kappa shape index (κ3) is 4.26. The Bertz CT molecular complexity index is 616. The molecule has 28 heavy (non-hydrogen) atoms. The van der Waals surface area contributed by atoms with Gasteiger partial charge in [-0.15, -0.1) is 10.2 Å². The van der Waals surface area contributed by atoms with Gasteiger partial charge < -0.3 is 24.6 Å². The zero-order valence-electron chi connectivity index (χ0n) is 16.8. The minimum atomic E-state index is 0.545. The second kappa shape index (κ2) is 8.51. The first-order valence-corrected chi connectivity index (χ1v) is 11.1. The van der Waals surface area contributed by atoms with E-state index >= 15 is 0 Å². The molecule has 1 aliphatic carbocycles. The van der Waals surface area contributed by atoms with E-state index in [2.05, 4.69) is 37.4 Å². The monoisotopic (exact) mass is 387 g/mol. The average Bonchev–Trinajstić information content (AvgIpc) is 3.28. The number of nitrogens with zero attached hydrogens (tertiary/aromatic N) is 4. The van der Waals surface area contributed by atoms with Crippen molar-refractivity contribution in [1.82, 2.24) is 15.1 Å².